The van der Waals surface area contributed by atoms with Gasteiger partial charge in [0, 0.05) is 12.1 Å². The quantitative estimate of drug-likeness (QED) is 0.934. The Morgan fingerprint density at radius 1 is 1.17 bits per heavy atom. The second kappa shape index (κ2) is 6.12. The van der Waals surface area contributed by atoms with Crippen molar-refractivity contribution in [3.8, 4) is 5.75 Å². The van der Waals surface area contributed by atoms with Crippen molar-refractivity contribution in [1.82, 2.24) is 0 Å². The van der Waals surface area contributed by atoms with Gasteiger partial charge < -0.3 is 10.5 Å². The van der Waals surface area contributed by atoms with Crippen LogP contribution in [0, 0.1) is 0 Å². The lowest BCUT2D eigenvalue weighted by Crippen LogP contribution is -2.46. The van der Waals surface area contributed by atoms with Gasteiger partial charge >= 0.3 is 0 Å². The van der Waals surface area contributed by atoms with Gasteiger partial charge in [-0.1, -0.05) is 30.3 Å². The molecule has 1 atom stereocenters. The predicted molar refractivity (Wildman–Crippen MR) is 87.3 cm³/mol. The van der Waals surface area contributed by atoms with Crippen LogP contribution >= 0.6 is 0 Å². The van der Waals surface area contributed by atoms with Crippen LogP contribution in [0.25, 0.3) is 0 Å². The molecule has 1 heterocycles. The van der Waals surface area contributed by atoms with Gasteiger partial charge in [0.2, 0.25) is 11.8 Å². The summed E-state index contributed by atoms with van der Waals surface area (Å²) < 4.78 is 5.11. The van der Waals surface area contributed by atoms with Crippen molar-refractivity contribution in [3.63, 3.8) is 0 Å². The number of benzene rings is 2. The number of nitrogens with zero attached hydrogens (tertiary/aromatic N) is 1. The molecular weight excluding hydrogens is 292 g/mol. The third kappa shape index (κ3) is 2.90. The molecule has 0 unspecified atom stereocenters. The number of fused-ring (bicyclic) bond motifs is 1. The smallest absolute Gasteiger partial charge is 0.240 e. The van der Waals surface area contributed by atoms with Crippen molar-refractivity contribution < 1.29 is 14.3 Å². The Bertz CT molecular complexity index is 740. The zero-order valence-corrected chi connectivity index (χ0v) is 12.9. The molecular formula is C18H18N2O3. The molecule has 0 aromatic heterocycles. The van der Waals surface area contributed by atoms with E-state index in [0.717, 1.165) is 22.6 Å². The third-order valence-corrected chi connectivity index (χ3v) is 4.09. The fraction of sp³-hybridized carbons (Fsp3) is 0.222. The summed E-state index contributed by atoms with van der Waals surface area (Å²) in [7, 11) is 1.60. The molecule has 118 valence electrons. The Morgan fingerprint density at radius 3 is 2.52 bits per heavy atom. The first-order valence-corrected chi connectivity index (χ1v) is 7.42. The summed E-state index contributed by atoms with van der Waals surface area (Å²) in [5, 5.41) is 0. The van der Waals surface area contributed by atoms with E-state index in [0.29, 0.717) is 6.42 Å². The fourth-order valence-corrected chi connectivity index (χ4v) is 2.93. The summed E-state index contributed by atoms with van der Waals surface area (Å²) >= 11 is 0. The van der Waals surface area contributed by atoms with Crippen molar-refractivity contribution >= 4 is 17.5 Å². The molecule has 0 radical (unpaired) electrons. The van der Waals surface area contributed by atoms with E-state index in [4.69, 9.17) is 10.5 Å². The van der Waals surface area contributed by atoms with Crippen LogP contribution in [-0.2, 0) is 22.4 Å². The number of carbonyl (C=O) groups excluding carboxylic acids is 2. The summed E-state index contributed by atoms with van der Waals surface area (Å²) in [5.74, 6) is 0.121. The largest absolute Gasteiger partial charge is 0.497 e. The van der Waals surface area contributed by atoms with E-state index in [2.05, 4.69) is 0 Å². The molecule has 0 saturated carbocycles. The lowest BCUT2D eigenvalue weighted by molar-refractivity contribution is -0.124. The number of hydrogen-bond acceptors (Lipinski definition) is 3. The van der Waals surface area contributed by atoms with Gasteiger partial charge in [0.1, 0.15) is 11.8 Å². The molecule has 0 aliphatic carbocycles. The van der Waals surface area contributed by atoms with E-state index in [1.165, 1.54) is 4.90 Å². The monoisotopic (exact) mass is 310 g/mol. The van der Waals surface area contributed by atoms with E-state index in [-0.39, 0.29) is 12.3 Å². The van der Waals surface area contributed by atoms with Gasteiger partial charge in [0.05, 0.1) is 13.5 Å². The molecule has 1 aliphatic heterocycles. The van der Waals surface area contributed by atoms with Crippen molar-refractivity contribution in [3.05, 3.63) is 59.7 Å². The second-order valence-electron chi connectivity index (χ2n) is 5.54. The molecule has 0 fully saturated rings. The van der Waals surface area contributed by atoms with Crippen LogP contribution in [0.5, 0.6) is 5.75 Å². The molecule has 0 bridgehead atoms. The Kier molecular flexibility index (Phi) is 4.02. The van der Waals surface area contributed by atoms with Crippen molar-refractivity contribution in [2.45, 2.75) is 18.9 Å². The highest BCUT2D eigenvalue weighted by Gasteiger charge is 2.36. The summed E-state index contributed by atoms with van der Waals surface area (Å²) in [4.78, 5) is 26.0. The molecule has 2 aromatic carbocycles. The number of anilines is 1. The maximum atomic E-state index is 12.7. The number of ether oxygens (including phenoxy) is 1. The van der Waals surface area contributed by atoms with Gasteiger partial charge in [0.15, 0.2) is 0 Å². The van der Waals surface area contributed by atoms with E-state index >= 15 is 0 Å². The number of primary amides is 1. The topological polar surface area (TPSA) is 72.6 Å². The maximum absolute atomic E-state index is 12.7. The van der Waals surface area contributed by atoms with E-state index in [1.807, 2.05) is 48.5 Å². The SMILES string of the molecule is COc1ccc(CC(=O)N2c3ccccc3C[C@H]2C(N)=O)cc1. The highest BCUT2D eigenvalue weighted by molar-refractivity contribution is 6.03. The normalized spacial score (nSPS) is 16.0. The number of para-hydroxylation sites is 1. The lowest BCUT2D eigenvalue weighted by atomic mass is 10.1. The van der Waals surface area contributed by atoms with E-state index < -0.39 is 11.9 Å². The average Bonchev–Trinajstić information content (AvgIpc) is 2.95. The second-order valence-corrected chi connectivity index (χ2v) is 5.54. The molecule has 5 nitrogen and oxygen atoms in total. The third-order valence-electron chi connectivity index (χ3n) is 4.09. The standard InChI is InChI=1S/C18H18N2O3/c1-23-14-8-6-12(7-9-14)10-17(21)20-15-5-3-2-4-13(15)11-16(20)18(19)22/h2-9,16H,10-11H2,1H3,(H2,19,22)/t16-/m0/s1. The van der Waals surface area contributed by atoms with Gasteiger partial charge in [-0.15, -0.1) is 0 Å². The molecule has 0 saturated heterocycles. The number of methoxy groups -OCH3 is 1. The molecule has 3 rings (SSSR count). The summed E-state index contributed by atoms with van der Waals surface area (Å²) in [6.07, 6.45) is 0.683. The number of nitrogens with two attached hydrogens (primary N) is 1. The fourth-order valence-electron chi connectivity index (χ4n) is 2.93. The minimum Gasteiger partial charge on any atom is -0.497 e. The van der Waals surface area contributed by atoms with E-state index in [9.17, 15) is 9.59 Å². The summed E-state index contributed by atoms with van der Waals surface area (Å²) in [6, 6.07) is 14.2. The minimum absolute atomic E-state index is 0.135. The Morgan fingerprint density at radius 2 is 1.87 bits per heavy atom. The number of amides is 2. The average molecular weight is 310 g/mol. The summed E-state index contributed by atoms with van der Waals surface area (Å²) in [6.45, 7) is 0. The molecule has 2 N–H and O–H groups in total. The zero-order chi connectivity index (χ0) is 16.4. The predicted octanol–water partition coefficient (Wildman–Crippen LogP) is 1.68. The Hall–Kier alpha value is -2.82. The summed E-state index contributed by atoms with van der Waals surface area (Å²) in [5.41, 5.74) is 8.10. The number of hydrogen-bond donors (Lipinski definition) is 1. The van der Waals surface area contributed by atoms with Crippen molar-refractivity contribution in [2.24, 2.45) is 5.73 Å². The van der Waals surface area contributed by atoms with Crippen LogP contribution in [0.3, 0.4) is 0 Å². The van der Waals surface area contributed by atoms with Crippen LogP contribution in [0.4, 0.5) is 5.69 Å². The Labute approximate surface area is 134 Å². The molecule has 1 aliphatic rings. The van der Waals surface area contributed by atoms with Gasteiger partial charge in [-0.05, 0) is 29.3 Å². The number of rotatable bonds is 4. The van der Waals surface area contributed by atoms with Gasteiger partial charge in [-0.3, -0.25) is 14.5 Å². The van der Waals surface area contributed by atoms with Crippen molar-refractivity contribution in [1.29, 1.82) is 0 Å². The van der Waals surface area contributed by atoms with Gasteiger partial charge in [-0.2, -0.15) is 0 Å². The van der Waals surface area contributed by atoms with E-state index in [1.54, 1.807) is 7.11 Å². The molecule has 23 heavy (non-hydrogen) atoms. The zero-order valence-electron chi connectivity index (χ0n) is 12.9. The Balaban J connectivity index is 1.85. The lowest BCUT2D eigenvalue weighted by Gasteiger charge is -2.23. The molecule has 0 spiro atoms. The van der Waals surface area contributed by atoms with Crippen LogP contribution < -0.4 is 15.4 Å². The highest BCUT2D eigenvalue weighted by Crippen LogP contribution is 2.32. The van der Waals surface area contributed by atoms with Crippen LogP contribution in [-0.4, -0.2) is 25.0 Å². The van der Waals surface area contributed by atoms with Gasteiger partial charge in [-0.25, -0.2) is 0 Å². The molecule has 2 amide bonds. The first-order chi connectivity index (χ1) is 11.1. The first-order valence-electron chi connectivity index (χ1n) is 7.42. The minimum atomic E-state index is -0.613. The first kappa shape index (κ1) is 15.1. The van der Waals surface area contributed by atoms with Crippen molar-refractivity contribution in [2.75, 3.05) is 12.0 Å². The maximum Gasteiger partial charge on any atom is 0.240 e. The van der Waals surface area contributed by atoms with Crippen LogP contribution in [0.2, 0.25) is 0 Å². The highest BCUT2D eigenvalue weighted by atomic mass is 16.5. The number of carbonyl (C=O) groups is 2. The molecule has 5 heteroatoms. The van der Waals surface area contributed by atoms with Crippen LogP contribution in [0.15, 0.2) is 48.5 Å². The van der Waals surface area contributed by atoms with Crippen LogP contribution in [0.1, 0.15) is 11.1 Å². The molecule has 2 aromatic rings. The van der Waals surface area contributed by atoms with Gasteiger partial charge in [0.25, 0.3) is 0 Å².